The summed E-state index contributed by atoms with van der Waals surface area (Å²) in [7, 11) is 3.37. The summed E-state index contributed by atoms with van der Waals surface area (Å²) < 4.78 is 4.93. The minimum absolute atomic E-state index is 0.0407. The van der Waals surface area contributed by atoms with Gasteiger partial charge in [-0.05, 0) is 38.1 Å². The van der Waals surface area contributed by atoms with Crippen molar-refractivity contribution in [1.82, 2.24) is 14.7 Å². The number of methoxy groups -OCH3 is 1. The highest BCUT2D eigenvalue weighted by atomic mass is 32.2. The van der Waals surface area contributed by atoms with E-state index in [4.69, 9.17) is 10.5 Å². The molecule has 28 heavy (non-hydrogen) atoms. The van der Waals surface area contributed by atoms with E-state index in [1.165, 1.54) is 12.0 Å². The van der Waals surface area contributed by atoms with Crippen molar-refractivity contribution in [3.63, 3.8) is 0 Å². The van der Waals surface area contributed by atoms with E-state index in [1.807, 2.05) is 4.90 Å². The second-order valence-corrected chi connectivity index (χ2v) is 8.85. The van der Waals surface area contributed by atoms with E-state index in [1.54, 1.807) is 17.8 Å². The number of nitrogens with zero attached hydrogens (tertiary/aromatic N) is 3. The average Bonchev–Trinajstić information content (AvgIpc) is 3.27. The zero-order valence-electron chi connectivity index (χ0n) is 16.2. The van der Waals surface area contributed by atoms with Crippen LogP contribution in [0.25, 0.3) is 0 Å². The zero-order valence-corrected chi connectivity index (χ0v) is 17.0. The van der Waals surface area contributed by atoms with E-state index in [0.29, 0.717) is 29.9 Å². The third kappa shape index (κ3) is 3.05. The lowest BCUT2D eigenvalue weighted by atomic mass is 9.95. The molecule has 4 aliphatic rings. The Labute approximate surface area is 168 Å². The van der Waals surface area contributed by atoms with Gasteiger partial charge in [0.2, 0.25) is 11.8 Å². The van der Waals surface area contributed by atoms with Gasteiger partial charge in [-0.15, -0.1) is 11.8 Å². The topological polar surface area (TPSA) is 96.2 Å². The molecule has 3 atom stereocenters. The van der Waals surface area contributed by atoms with Gasteiger partial charge in [-0.25, -0.2) is 4.79 Å². The van der Waals surface area contributed by atoms with Crippen LogP contribution < -0.4 is 5.73 Å². The van der Waals surface area contributed by atoms with E-state index < -0.39 is 5.97 Å². The highest BCUT2D eigenvalue weighted by Gasteiger charge is 2.52. The number of likely N-dealkylation sites (N-methyl/N-ethyl adjacent to an activating group) is 1. The van der Waals surface area contributed by atoms with Gasteiger partial charge in [-0.2, -0.15) is 0 Å². The van der Waals surface area contributed by atoms with Crippen LogP contribution >= 0.6 is 11.8 Å². The zero-order chi connectivity index (χ0) is 20.0. The van der Waals surface area contributed by atoms with E-state index in [2.05, 4.69) is 11.9 Å². The summed E-state index contributed by atoms with van der Waals surface area (Å²) in [4.78, 5) is 43.5. The Morgan fingerprint density at radius 2 is 2.14 bits per heavy atom. The number of fused-ring (bicyclic) bond motifs is 1. The van der Waals surface area contributed by atoms with Gasteiger partial charge < -0.3 is 20.3 Å². The Morgan fingerprint density at radius 3 is 2.79 bits per heavy atom. The molecular formula is C19H26N4O4S. The van der Waals surface area contributed by atoms with Crippen LogP contribution in [0.2, 0.25) is 0 Å². The summed E-state index contributed by atoms with van der Waals surface area (Å²) >= 11 is 1.58. The number of amides is 2. The van der Waals surface area contributed by atoms with Crippen molar-refractivity contribution in [1.29, 1.82) is 0 Å². The first-order valence-electron chi connectivity index (χ1n) is 9.62. The van der Waals surface area contributed by atoms with Crippen LogP contribution in [0, 0.1) is 5.92 Å². The Hall–Kier alpha value is -1.84. The van der Waals surface area contributed by atoms with Crippen LogP contribution in [-0.4, -0.2) is 90.0 Å². The molecule has 0 aromatic rings. The number of hydrogen-bond acceptors (Lipinski definition) is 7. The largest absolute Gasteiger partial charge is 0.464 e. The molecule has 1 unspecified atom stereocenters. The number of allylic oxidation sites excluding steroid dienone is 1. The molecule has 0 bridgehead atoms. The molecule has 3 fully saturated rings. The predicted octanol–water partition coefficient (Wildman–Crippen LogP) is -0.234. The maximum atomic E-state index is 12.9. The molecule has 4 rings (SSSR count). The van der Waals surface area contributed by atoms with Crippen molar-refractivity contribution in [3.8, 4) is 0 Å². The molecule has 3 saturated heterocycles. The quantitative estimate of drug-likeness (QED) is 0.391. The number of hydrogen-bond donors (Lipinski definition) is 1. The molecule has 8 nitrogen and oxygen atoms in total. The van der Waals surface area contributed by atoms with Gasteiger partial charge in [-0.1, -0.05) is 0 Å². The van der Waals surface area contributed by atoms with Crippen LogP contribution in [-0.2, 0) is 19.1 Å². The third-order valence-corrected chi connectivity index (χ3v) is 7.41. The number of rotatable bonds is 4. The number of thioether (sulfide) groups is 1. The van der Waals surface area contributed by atoms with E-state index in [-0.39, 0.29) is 41.4 Å². The minimum atomic E-state index is -0.541. The first-order chi connectivity index (χ1) is 13.5. The lowest BCUT2D eigenvalue weighted by molar-refractivity contribution is -0.152. The van der Waals surface area contributed by atoms with Gasteiger partial charge in [0.05, 0.1) is 18.4 Å². The second-order valence-electron chi connectivity index (χ2n) is 7.74. The second kappa shape index (κ2) is 7.53. The third-order valence-electron chi connectivity index (χ3n) is 6.05. The maximum absolute atomic E-state index is 12.9. The van der Waals surface area contributed by atoms with Crippen molar-refractivity contribution < 1.29 is 19.1 Å². The molecule has 0 radical (unpaired) electrons. The lowest BCUT2D eigenvalue weighted by Gasteiger charge is -2.49. The molecule has 2 N–H and O–H groups in total. The molecule has 4 aliphatic heterocycles. The summed E-state index contributed by atoms with van der Waals surface area (Å²) in [6.45, 7) is 2.87. The van der Waals surface area contributed by atoms with E-state index in [0.717, 1.165) is 19.5 Å². The van der Waals surface area contributed by atoms with Crippen molar-refractivity contribution >= 4 is 29.5 Å². The van der Waals surface area contributed by atoms with Crippen molar-refractivity contribution in [2.75, 3.05) is 46.1 Å². The van der Waals surface area contributed by atoms with Crippen molar-refractivity contribution in [3.05, 3.63) is 22.9 Å². The van der Waals surface area contributed by atoms with Gasteiger partial charge in [-0.3, -0.25) is 14.5 Å². The van der Waals surface area contributed by atoms with Gasteiger partial charge in [0, 0.05) is 37.0 Å². The minimum Gasteiger partial charge on any atom is -0.464 e. The van der Waals surface area contributed by atoms with Crippen LogP contribution in [0.1, 0.15) is 12.8 Å². The summed E-state index contributed by atoms with van der Waals surface area (Å²) in [5.74, 6) is -0.357. The number of esters is 1. The molecule has 0 saturated carbocycles. The first-order valence-corrected chi connectivity index (χ1v) is 10.7. The van der Waals surface area contributed by atoms with Crippen LogP contribution in [0.5, 0.6) is 0 Å². The monoisotopic (exact) mass is 406 g/mol. The van der Waals surface area contributed by atoms with Crippen LogP contribution in [0.3, 0.4) is 0 Å². The smallest absolute Gasteiger partial charge is 0.355 e. The fourth-order valence-corrected chi connectivity index (χ4v) is 5.88. The molecule has 0 aromatic heterocycles. The molecule has 0 aromatic carbocycles. The number of carbonyl (C=O) groups is 3. The summed E-state index contributed by atoms with van der Waals surface area (Å²) in [5, 5.41) is -0.126. The molecule has 0 spiro atoms. The predicted molar refractivity (Wildman–Crippen MR) is 105 cm³/mol. The fraction of sp³-hybridized carbons (Fsp3) is 0.632. The van der Waals surface area contributed by atoms with E-state index in [9.17, 15) is 14.4 Å². The summed E-state index contributed by atoms with van der Waals surface area (Å²) in [6.07, 6.45) is 3.45. The van der Waals surface area contributed by atoms with Crippen LogP contribution in [0.15, 0.2) is 22.9 Å². The molecule has 9 heteroatoms. The van der Waals surface area contributed by atoms with Gasteiger partial charge in [0.1, 0.15) is 5.70 Å². The molecule has 2 amide bonds. The van der Waals surface area contributed by atoms with Gasteiger partial charge >= 0.3 is 5.97 Å². The maximum Gasteiger partial charge on any atom is 0.355 e. The number of nitrogens with two attached hydrogens (primary N) is 1. The van der Waals surface area contributed by atoms with Crippen LogP contribution in [0.4, 0.5) is 0 Å². The van der Waals surface area contributed by atoms with Gasteiger partial charge in [0.15, 0.2) is 0 Å². The summed E-state index contributed by atoms with van der Waals surface area (Å²) in [6, 6.07) is 0.254. The number of β-lactam (4-membered cyclic amide) rings is 1. The molecule has 152 valence electrons. The Kier molecular flexibility index (Phi) is 5.24. The first kappa shape index (κ1) is 19.5. The Balaban J connectivity index is 1.61. The molecular weight excluding hydrogens is 380 g/mol. The highest BCUT2D eigenvalue weighted by Crippen LogP contribution is 2.44. The molecule has 4 heterocycles. The number of likely N-dealkylation sites (tertiary alicyclic amines) is 2. The SMILES string of the molecule is COC(=O)C1=C(/C=C2\CCN([C@@H]3CCN(C)C3)C2=O)CS[C@@H]2C(CN)C(=O)N12. The van der Waals surface area contributed by atoms with Crippen molar-refractivity contribution in [2.45, 2.75) is 24.3 Å². The lowest BCUT2D eigenvalue weighted by Crippen LogP contribution is -2.63. The van der Waals surface area contributed by atoms with Crippen molar-refractivity contribution in [2.24, 2.45) is 11.7 Å². The van der Waals surface area contributed by atoms with Gasteiger partial charge in [0.25, 0.3) is 0 Å². The number of carbonyl (C=O) groups excluding carboxylic acids is 3. The normalized spacial score (nSPS) is 32.2. The Morgan fingerprint density at radius 1 is 1.36 bits per heavy atom. The number of ether oxygens (including phenoxy) is 1. The Bertz CT molecular complexity index is 780. The molecule has 0 aliphatic carbocycles. The summed E-state index contributed by atoms with van der Waals surface area (Å²) in [5.41, 5.74) is 7.35. The standard InChI is InChI=1S/C19H26N4O4S/c1-21-5-4-13(9-21)22-6-3-11(16(22)24)7-12-10-28-18-14(8-20)17(25)23(18)15(12)19(26)27-2/h7,13-14,18H,3-6,8-10,20H2,1-2H3/b11-7+/t13-,14?,18-/m1/s1. The average molecular weight is 407 g/mol. The fourth-order valence-electron chi connectivity index (χ4n) is 4.50. The van der Waals surface area contributed by atoms with E-state index >= 15 is 0 Å². The highest BCUT2D eigenvalue weighted by molar-refractivity contribution is 8.00.